The van der Waals surface area contributed by atoms with Crippen molar-refractivity contribution in [2.24, 2.45) is 4.99 Å². The summed E-state index contributed by atoms with van der Waals surface area (Å²) in [6.45, 7) is 4.03. The van der Waals surface area contributed by atoms with Crippen molar-refractivity contribution in [3.63, 3.8) is 0 Å². The minimum Gasteiger partial charge on any atom is -0.489 e. The summed E-state index contributed by atoms with van der Waals surface area (Å²) in [5, 5.41) is 1.10. The fraction of sp³-hybridized carbons (Fsp3) is 0.167. The molecule has 2 heterocycles. The number of nitrogens with zero attached hydrogens (tertiary/aromatic N) is 2. The number of ether oxygens (including phenoxy) is 2. The Hall–Kier alpha value is -3.65. The molecule has 6 nitrogen and oxygen atoms in total. The number of esters is 1. The van der Waals surface area contributed by atoms with Crippen LogP contribution in [-0.4, -0.2) is 17.1 Å². The van der Waals surface area contributed by atoms with E-state index < -0.39 is 12.0 Å². The molecule has 0 radical (unpaired) electrons. The minimum atomic E-state index is -0.753. The summed E-state index contributed by atoms with van der Waals surface area (Å²) in [4.78, 5) is 31.8. The third-order valence-corrected chi connectivity index (χ3v) is 7.94. The number of fused-ring (bicyclic) bond motifs is 1. The normalized spacial score (nSPS) is 15.1. The average molecular weight is 580 g/mol. The highest BCUT2D eigenvalue weighted by atomic mass is 35.5. The van der Waals surface area contributed by atoms with Crippen molar-refractivity contribution in [2.75, 3.05) is 6.61 Å². The number of hydrogen-bond acceptors (Lipinski definition) is 6. The van der Waals surface area contributed by atoms with Crippen LogP contribution in [0.2, 0.25) is 10.0 Å². The number of halogens is 2. The van der Waals surface area contributed by atoms with E-state index in [1.54, 1.807) is 32.1 Å². The Morgan fingerprint density at radius 1 is 1.03 bits per heavy atom. The van der Waals surface area contributed by atoms with Crippen LogP contribution in [-0.2, 0) is 16.1 Å². The van der Waals surface area contributed by atoms with E-state index in [2.05, 4.69) is 4.99 Å². The number of benzene rings is 3. The van der Waals surface area contributed by atoms with E-state index in [1.165, 1.54) is 15.9 Å². The van der Waals surface area contributed by atoms with Gasteiger partial charge in [-0.15, -0.1) is 0 Å². The van der Waals surface area contributed by atoms with Crippen molar-refractivity contribution in [3.05, 3.63) is 130 Å². The van der Waals surface area contributed by atoms with E-state index in [9.17, 15) is 9.59 Å². The lowest BCUT2D eigenvalue weighted by atomic mass is 9.96. The van der Waals surface area contributed by atoms with Gasteiger partial charge in [0.1, 0.15) is 18.4 Å². The third-order valence-electron chi connectivity index (χ3n) is 6.25. The quantitative estimate of drug-likeness (QED) is 0.264. The first-order chi connectivity index (χ1) is 18.9. The average Bonchev–Trinajstić information content (AvgIpc) is 3.23. The Labute approximate surface area is 239 Å². The lowest BCUT2D eigenvalue weighted by molar-refractivity contribution is -0.139. The molecule has 9 heteroatoms. The lowest BCUT2D eigenvalue weighted by Gasteiger charge is -2.25. The van der Waals surface area contributed by atoms with Gasteiger partial charge in [-0.05, 0) is 55.3 Å². The Balaban J connectivity index is 1.51. The molecule has 0 aliphatic carbocycles. The largest absolute Gasteiger partial charge is 0.489 e. The minimum absolute atomic E-state index is 0.202. The van der Waals surface area contributed by atoms with Crippen molar-refractivity contribution in [1.29, 1.82) is 0 Å². The molecule has 1 atom stereocenters. The van der Waals surface area contributed by atoms with Crippen LogP contribution >= 0.6 is 34.5 Å². The smallest absolute Gasteiger partial charge is 0.338 e. The molecule has 0 bridgehead atoms. The molecule has 0 saturated heterocycles. The van der Waals surface area contributed by atoms with Crippen LogP contribution in [0.25, 0.3) is 6.08 Å². The van der Waals surface area contributed by atoms with Gasteiger partial charge in [0.05, 0.1) is 22.4 Å². The Morgan fingerprint density at radius 3 is 2.41 bits per heavy atom. The highest BCUT2D eigenvalue weighted by Gasteiger charge is 2.34. The Morgan fingerprint density at radius 2 is 1.72 bits per heavy atom. The van der Waals surface area contributed by atoms with E-state index in [0.29, 0.717) is 48.6 Å². The summed E-state index contributed by atoms with van der Waals surface area (Å²) in [5.74, 6) is 0.160. The summed E-state index contributed by atoms with van der Waals surface area (Å²) >= 11 is 14.0. The van der Waals surface area contributed by atoms with E-state index >= 15 is 0 Å². The Bertz CT molecular complexity index is 1760. The fourth-order valence-corrected chi connectivity index (χ4v) is 5.85. The number of rotatable bonds is 7. The van der Waals surface area contributed by atoms with E-state index in [-0.39, 0.29) is 12.2 Å². The highest BCUT2D eigenvalue weighted by Crippen LogP contribution is 2.34. The van der Waals surface area contributed by atoms with Crippen LogP contribution in [0.15, 0.2) is 93.9 Å². The first kappa shape index (κ1) is 26.9. The van der Waals surface area contributed by atoms with Crippen LogP contribution in [0.5, 0.6) is 5.75 Å². The zero-order chi connectivity index (χ0) is 27.5. The van der Waals surface area contributed by atoms with Gasteiger partial charge in [-0.2, -0.15) is 0 Å². The molecule has 39 heavy (non-hydrogen) atoms. The maximum atomic E-state index is 13.7. The molecule has 1 aliphatic heterocycles. The van der Waals surface area contributed by atoms with Gasteiger partial charge >= 0.3 is 5.97 Å². The van der Waals surface area contributed by atoms with Crippen molar-refractivity contribution < 1.29 is 14.3 Å². The van der Waals surface area contributed by atoms with Gasteiger partial charge in [0.2, 0.25) is 0 Å². The molecule has 0 amide bonds. The maximum Gasteiger partial charge on any atom is 0.338 e. The molecule has 0 N–H and O–H groups in total. The lowest BCUT2D eigenvalue weighted by Crippen LogP contribution is -2.40. The van der Waals surface area contributed by atoms with Crippen LogP contribution in [0.3, 0.4) is 0 Å². The van der Waals surface area contributed by atoms with Crippen molar-refractivity contribution >= 4 is 46.6 Å². The predicted molar refractivity (Wildman–Crippen MR) is 154 cm³/mol. The van der Waals surface area contributed by atoms with Crippen LogP contribution in [0, 0.1) is 0 Å². The Kier molecular flexibility index (Phi) is 8.02. The molecule has 0 fully saturated rings. The number of carbonyl (C=O) groups is 1. The van der Waals surface area contributed by atoms with Crippen LogP contribution in [0.4, 0.5) is 0 Å². The summed E-state index contributed by atoms with van der Waals surface area (Å²) in [6, 6.07) is 21.4. The fourth-order valence-electron chi connectivity index (χ4n) is 4.37. The van der Waals surface area contributed by atoms with Gasteiger partial charge in [-0.1, -0.05) is 83.1 Å². The summed E-state index contributed by atoms with van der Waals surface area (Å²) in [5.41, 5.74) is 2.87. The topological polar surface area (TPSA) is 69.9 Å². The second-order valence-corrected chi connectivity index (χ2v) is 10.6. The highest BCUT2D eigenvalue weighted by molar-refractivity contribution is 7.07. The van der Waals surface area contributed by atoms with E-state index in [0.717, 1.165) is 11.1 Å². The van der Waals surface area contributed by atoms with Gasteiger partial charge in [0.25, 0.3) is 5.56 Å². The number of thiazole rings is 1. The molecule has 5 rings (SSSR count). The zero-order valence-corrected chi connectivity index (χ0v) is 23.5. The summed E-state index contributed by atoms with van der Waals surface area (Å²) in [6.07, 6.45) is 1.80. The first-order valence-electron chi connectivity index (χ1n) is 12.3. The van der Waals surface area contributed by atoms with Crippen LogP contribution in [0.1, 0.15) is 36.6 Å². The van der Waals surface area contributed by atoms with Crippen molar-refractivity contribution in [3.8, 4) is 5.75 Å². The zero-order valence-electron chi connectivity index (χ0n) is 21.2. The van der Waals surface area contributed by atoms with Crippen LogP contribution < -0.4 is 19.6 Å². The summed E-state index contributed by atoms with van der Waals surface area (Å²) < 4.78 is 13.2. The van der Waals surface area contributed by atoms with Gasteiger partial charge in [0.15, 0.2) is 4.80 Å². The second-order valence-electron chi connectivity index (χ2n) is 8.77. The maximum absolute atomic E-state index is 13.7. The van der Waals surface area contributed by atoms with E-state index in [4.69, 9.17) is 32.7 Å². The molecule has 198 valence electrons. The van der Waals surface area contributed by atoms with Gasteiger partial charge < -0.3 is 9.47 Å². The molecule has 0 spiro atoms. The molecule has 1 unspecified atom stereocenters. The molecular formula is C30H24Cl2N2O4S. The number of hydrogen-bond donors (Lipinski definition) is 0. The van der Waals surface area contributed by atoms with Gasteiger partial charge in [0, 0.05) is 15.6 Å². The molecule has 1 aliphatic rings. The van der Waals surface area contributed by atoms with E-state index in [1.807, 2.05) is 60.7 Å². The number of allylic oxidation sites excluding steroid dienone is 1. The number of aromatic nitrogens is 1. The molecule has 0 saturated carbocycles. The molecular weight excluding hydrogens is 555 g/mol. The van der Waals surface area contributed by atoms with Gasteiger partial charge in [-0.25, -0.2) is 9.79 Å². The van der Waals surface area contributed by atoms with Crippen molar-refractivity contribution in [1.82, 2.24) is 4.57 Å². The second kappa shape index (κ2) is 11.6. The number of carbonyl (C=O) groups excluding carboxylic acids is 1. The van der Waals surface area contributed by atoms with Gasteiger partial charge in [-0.3, -0.25) is 9.36 Å². The third kappa shape index (κ3) is 5.57. The molecule has 4 aromatic rings. The predicted octanol–water partition coefficient (Wildman–Crippen LogP) is 5.68. The SMILES string of the molecule is CCOC(=O)C1=C(C)N=c2sc(=Cc3ccc(OCc4ccccc4Cl)cc3)c(=O)n2C1c1ccccc1Cl. The monoisotopic (exact) mass is 578 g/mol. The molecule has 1 aromatic heterocycles. The first-order valence-corrected chi connectivity index (χ1v) is 13.8. The molecule has 3 aromatic carbocycles. The standard InChI is InChI=1S/C30H24Cl2N2O4S/c1-3-37-29(36)26-18(2)33-30-34(27(26)22-9-5-7-11-24(22)32)28(35)25(39-30)16-19-12-14-21(15-13-19)38-17-20-8-4-6-10-23(20)31/h4-16,27H,3,17H2,1-2H3. The van der Waals surface area contributed by atoms with Crippen molar-refractivity contribution in [2.45, 2.75) is 26.5 Å². The summed E-state index contributed by atoms with van der Waals surface area (Å²) in [7, 11) is 0.